The van der Waals surface area contributed by atoms with Gasteiger partial charge in [-0.2, -0.15) is 4.99 Å². The molecular formula is C10H15N5O. The van der Waals surface area contributed by atoms with Crippen molar-refractivity contribution in [1.29, 1.82) is 0 Å². The van der Waals surface area contributed by atoms with Crippen molar-refractivity contribution in [3.8, 4) is 5.75 Å². The van der Waals surface area contributed by atoms with Crippen LogP contribution in [0.3, 0.4) is 0 Å². The zero-order chi connectivity index (χ0) is 12.1. The van der Waals surface area contributed by atoms with Crippen LogP contribution >= 0.6 is 0 Å². The number of methoxy groups -OCH3 is 1. The molecule has 16 heavy (non-hydrogen) atoms. The van der Waals surface area contributed by atoms with E-state index in [9.17, 15) is 0 Å². The number of nitrogens with zero attached hydrogens (tertiary/aromatic N) is 2. The van der Waals surface area contributed by atoms with Crippen molar-refractivity contribution in [2.45, 2.75) is 6.92 Å². The van der Waals surface area contributed by atoms with E-state index in [0.29, 0.717) is 11.4 Å². The number of aliphatic imine (C=N–C) groups is 2. The molecular weight excluding hydrogens is 206 g/mol. The SMILES string of the molecule is COc1cccc(C)c1N=C(N)N=C(N)N. The first kappa shape index (κ1) is 11.8. The van der Waals surface area contributed by atoms with E-state index in [0.717, 1.165) is 5.56 Å². The van der Waals surface area contributed by atoms with E-state index >= 15 is 0 Å². The molecule has 0 amide bonds. The van der Waals surface area contributed by atoms with Crippen molar-refractivity contribution in [2.75, 3.05) is 7.11 Å². The molecule has 0 saturated heterocycles. The lowest BCUT2D eigenvalue weighted by Crippen LogP contribution is -2.26. The Morgan fingerprint density at radius 3 is 2.50 bits per heavy atom. The van der Waals surface area contributed by atoms with Gasteiger partial charge in [0.2, 0.25) is 5.96 Å². The van der Waals surface area contributed by atoms with Crippen LogP contribution in [0.4, 0.5) is 5.69 Å². The highest BCUT2D eigenvalue weighted by Gasteiger charge is 2.05. The maximum atomic E-state index is 5.55. The molecule has 0 heterocycles. The standard InChI is InChI=1S/C10H15N5O/c1-6-4-3-5-7(16-2)8(6)14-10(13)15-9(11)12/h3-5H,1-2H3,(H6,11,12,13,14,15). The molecule has 0 aliphatic rings. The van der Waals surface area contributed by atoms with Gasteiger partial charge in [-0.05, 0) is 18.6 Å². The second-order valence-corrected chi connectivity index (χ2v) is 3.13. The Morgan fingerprint density at radius 2 is 1.94 bits per heavy atom. The summed E-state index contributed by atoms with van der Waals surface area (Å²) in [5.41, 5.74) is 17.5. The molecule has 6 nitrogen and oxygen atoms in total. The van der Waals surface area contributed by atoms with Gasteiger partial charge in [-0.25, -0.2) is 4.99 Å². The summed E-state index contributed by atoms with van der Waals surface area (Å²) in [6.07, 6.45) is 0. The number of hydrogen-bond donors (Lipinski definition) is 3. The van der Waals surface area contributed by atoms with Crippen LogP contribution in [-0.4, -0.2) is 19.0 Å². The summed E-state index contributed by atoms with van der Waals surface area (Å²) in [7, 11) is 1.56. The lowest BCUT2D eigenvalue weighted by Gasteiger charge is -2.06. The first-order valence-electron chi connectivity index (χ1n) is 4.62. The lowest BCUT2D eigenvalue weighted by atomic mass is 10.2. The Bertz CT molecular complexity index is 435. The third kappa shape index (κ3) is 2.88. The number of benzene rings is 1. The van der Waals surface area contributed by atoms with Crippen LogP contribution in [0.25, 0.3) is 0 Å². The maximum Gasteiger partial charge on any atom is 0.223 e. The fourth-order valence-corrected chi connectivity index (χ4v) is 1.21. The predicted octanol–water partition coefficient (Wildman–Crippen LogP) is 0.223. The Morgan fingerprint density at radius 1 is 1.25 bits per heavy atom. The van der Waals surface area contributed by atoms with Crippen LogP contribution in [0.1, 0.15) is 5.56 Å². The molecule has 0 bridgehead atoms. The molecule has 1 aromatic carbocycles. The van der Waals surface area contributed by atoms with Gasteiger partial charge < -0.3 is 21.9 Å². The topological polar surface area (TPSA) is 112 Å². The van der Waals surface area contributed by atoms with E-state index in [1.54, 1.807) is 13.2 Å². The van der Waals surface area contributed by atoms with Gasteiger partial charge in [0.25, 0.3) is 0 Å². The largest absolute Gasteiger partial charge is 0.494 e. The van der Waals surface area contributed by atoms with Crippen LogP contribution < -0.4 is 21.9 Å². The van der Waals surface area contributed by atoms with E-state index in [1.807, 2.05) is 19.1 Å². The Balaban J connectivity index is 3.18. The number of para-hydroxylation sites is 1. The Kier molecular flexibility index (Phi) is 3.71. The molecule has 1 aromatic rings. The third-order valence-electron chi connectivity index (χ3n) is 1.89. The van der Waals surface area contributed by atoms with E-state index in [2.05, 4.69) is 9.98 Å². The summed E-state index contributed by atoms with van der Waals surface area (Å²) >= 11 is 0. The highest BCUT2D eigenvalue weighted by Crippen LogP contribution is 2.30. The number of guanidine groups is 2. The van der Waals surface area contributed by atoms with Crippen LogP contribution in [0, 0.1) is 6.92 Å². The quantitative estimate of drug-likeness (QED) is 0.490. The monoisotopic (exact) mass is 221 g/mol. The van der Waals surface area contributed by atoms with Gasteiger partial charge in [0.05, 0.1) is 7.11 Å². The van der Waals surface area contributed by atoms with Crippen LogP contribution in [0.2, 0.25) is 0 Å². The van der Waals surface area contributed by atoms with Crippen molar-refractivity contribution in [2.24, 2.45) is 27.2 Å². The van der Waals surface area contributed by atoms with Crippen LogP contribution in [0.5, 0.6) is 5.75 Å². The van der Waals surface area contributed by atoms with Gasteiger partial charge in [0, 0.05) is 0 Å². The number of nitrogens with two attached hydrogens (primary N) is 3. The molecule has 1 rings (SSSR count). The van der Waals surface area contributed by atoms with Crippen molar-refractivity contribution < 1.29 is 4.74 Å². The average Bonchev–Trinajstić information content (AvgIpc) is 2.20. The molecule has 0 fully saturated rings. The summed E-state index contributed by atoms with van der Waals surface area (Å²) in [6, 6.07) is 5.54. The molecule has 86 valence electrons. The van der Waals surface area contributed by atoms with E-state index < -0.39 is 0 Å². The highest BCUT2D eigenvalue weighted by atomic mass is 16.5. The van der Waals surface area contributed by atoms with Gasteiger partial charge in [-0.15, -0.1) is 0 Å². The zero-order valence-corrected chi connectivity index (χ0v) is 9.27. The molecule has 0 atom stereocenters. The third-order valence-corrected chi connectivity index (χ3v) is 1.89. The average molecular weight is 221 g/mol. The van der Waals surface area contributed by atoms with Crippen molar-refractivity contribution in [1.82, 2.24) is 0 Å². The molecule has 0 aliphatic heterocycles. The van der Waals surface area contributed by atoms with Crippen molar-refractivity contribution in [3.05, 3.63) is 23.8 Å². The Labute approximate surface area is 93.8 Å². The molecule has 6 heteroatoms. The fraction of sp³-hybridized carbons (Fsp3) is 0.200. The molecule has 0 saturated carbocycles. The summed E-state index contributed by atoms with van der Waals surface area (Å²) in [6.45, 7) is 1.89. The van der Waals surface area contributed by atoms with Crippen LogP contribution in [-0.2, 0) is 0 Å². The molecule has 0 aliphatic carbocycles. The normalized spacial score (nSPS) is 11.0. The fourth-order valence-electron chi connectivity index (χ4n) is 1.21. The summed E-state index contributed by atoms with van der Waals surface area (Å²) in [5.74, 6) is 0.482. The Hall–Kier alpha value is -2.24. The molecule has 0 aromatic heterocycles. The number of rotatable bonds is 2. The molecule has 6 N–H and O–H groups in total. The van der Waals surface area contributed by atoms with E-state index in [-0.39, 0.29) is 11.9 Å². The molecule has 0 spiro atoms. The summed E-state index contributed by atoms with van der Waals surface area (Å²) in [4.78, 5) is 7.73. The van der Waals surface area contributed by atoms with E-state index in [1.165, 1.54) is 0 Å². The summed E-state index contributed by atoms with van der Waals surface area (Å²) < 4.78 is 5.16. The first-order chi connectivity index (χ1) is 7.54. The lowest BCUT2D eigenvalue weighted by molar-refractivity contribution is 0.416. The van der Waals surface area contributed by atoms with Gasteiger partial charge in [-0.1, -0.05) is 12.1 Å². The zero-order valence-electron chi connectivity index (χ0n) is 9.27. The number of ether oxygens (including phenoxy) is 1. The predicted molar refractivity (Wildman–Crippen MR) is 64.8 cm³/mol. The summed E-state index contributed by atoms with van der Waals surface area (Å²) in [5, 5.41) is 0. The minimum Gasteiger partial charge on any atom is -0.494 e. The van der Waals surface area contributed by atoms with Gasteiger partial charge >= 0.3 is 0 Å². The second kappa shape index (κ2) is 5.01. The van der Waals surface area contributed by atoms with Gasteiger partial charge in [0.15, 0.2) is 5.96 Å². The minimum atomic E-state index is -0.131. The minimum absolute atomic E-state index is 0.00685. The van der Waals surface area contributed by atoms with Gasteiger partial charge in [-0.3, -0.25) is 0 Å². The second-order valence-electron chi connectivity index (χ2n) is 3.13. The smallest absolute Gasteiger partial charge is 0.223 e. The first-order valence-corrected chi connectivity index (χ1v) is 4.62. The van der Waals surface area contributed by atoms with Crippen molar-refractivity contribution >= 4 is 17.6 Å². The van der Waals surface area contributed by atoms with Crippen LogP contribution in [0.15, 0.2) is 28.2 Å². The highest BCUT2D eigenvalue weighted by molar-refractivity contribution is 5.94. The maximum absolute atomic E-state index is 5.55. The molecule has 0 unspecified atom stereocenters. The van der Waals surface area contributed by atoms with E-state index in [4.69, 9.17) is 21.9 Å². The van der Waals surface area contributed by atoms with Crippen molar-refractivity contribution in [3.63, 3.8) is 0 Å². The molecule has 0 radical (unpaired) electrons. The number of hydrogen-bond acceptors (Lipinski definition) is 2. The van der Waals surface area contributed by atoms with Gasteiger partial charge in [0.1, 0.15) is 11.4 Å². The number of aryl methyl sites for hydroxylation is 1.